The molecule has 4 heteroatoms. The molecule has 0 amide bonds. The second kappa shape index (κ2) is 9.52. The first-order valence-electron chi connectivity index (χ1n) is 10.6. The van der Waals surface area contributed by atoms with E-state index in [2.05, 4.69) is 76.3 Å². The molecule has 0 N–H and O–H groups in total. The summed E-state index contributed by atoms with van der Waals surface area (Å²) in [6.07, 6.45) is 6.60. The molecule has 4 aromatic rings. The van der Waals surface area contributed by atoms with Gasteiger partial charge in [-0.25, -0.2) is 4.39 Å². The highest BCUT2D eigenvalue weighted by atomic mass is 79.9. The maximum absolute atomic E-state index is 13.2. The Morgan fingerprint density at radius 2 is 1.55 bits per heavy atom. The van der Waals surface area contributed by atoms with Crippen molar-refractivity contribution < 1.29 is 4.39 Å². The van der Waals surface area contributed by atoms with Crippen molar-refractivity contribution in [3.8, 4) is 0 Å². The smallest absolute Gasteiger partial charge is 0.123 e. The summed E-state index contributed by atoms with van der Waals surface area (Å²) in [4.78, 5) is 2.31. The van der Waals surface area contributed by atoms with Gasteiger partial charge in [0.25, 0.3) is 0 Å². The third kappa shape index (κ3) is 4.59. The fourth-order valence-corrected chi connectivity index (χ4v) is 4.44. The lowest BCUT2D eigenvalue weighted by Crippen LogP contribution is -2.21. The molecule has 5 rings (SSSR count). The van der Waals surface area contributed by atoms with E-state index in [-0.39, 0.29) is 22.8 Å². The Morgan fingerprint density at radius 3 is 2.35 bits per heavy atom. The number of aromatic nitrogens is 1. The third-order valence-corrected chi connectivity index (χ3v) is 5.92. The molecule has 0 bridgehead atoms. The molecular weight excluding hydrogens is 451 g/mol. The zero-order chi connectivity index (χ0) is 20.3. The van der Waals surface area contributed by atoms with Crippen molar-refractivity contribution in [1.82, 2.24) is 9.47 Å². The molecule has 3 aromatic carbocycles. The molecule has 0 atom stereocenters. The van der Waals surface area contributed by atoms with E-state index in [0.29, 0.717) is 0 Å². The quantitative estimate of drug-likeness (QED) is 0.291. The molecule has 0 aliphatic carbocycles. The highest BCUT2D eigenvalue weighted by Gasteiger charge is 2.20. The van der Waals surface area contributed by atoms with Crippen molar-refractivity contribution in [2.75, 3.05) is 0 Å². The summed E-state index contributed by atoms with van der Waals surface area (Å²) in [7, 11) is 0. The van der Waals surface area contributed by atoms with Gasteiger partial charge in [0.1, 0.15) is 5.82 Å². The van der Waals surface area contributed by atoms with E-state index in [4.69, 9.17) is 0 Å². The maximum atomic E-state index is 13.2. The van der Waals surface area contributed by atoms with Crippen LogP contribution in [0.25, 0.3) is 17.0 Å². The van der Waals surface area contributed by atoms with Crippen LogP contribution in [-0.2, 0) is 26.1 Å². The first-order valence-corrected chi connectivity index (χ1v) is 10.6. The van der Waals surface area contributed by atoms with E-state index in [1.807, 2.05) is 12.1 Å². The molecule has 0 unspecified atom stereocenters. The van der Waals surface area contributed by atoms with Crippen LogP contribution in [0.15, 0.2) is 85.1 Å². The molecule has 0 saturated heterocycles. The largest absolute Gasteiger partial charge is 0.367 e. The molecule has 0 radical (unpaired) electrons. The Kier molecular flexibility index (Phi) is 6.57. The second-order valence-corrected chi connectivity index (χ2v) is 7.97. The number of fused-ring (bicyclic) bond motifs is 3. The summed E-state index contributed by atoms with van der Waals surface area (Å²) in [6, 6.07) is 26.2. The number of nitrogens with zero attached hydrogens (tertiary/aromatic N) is 2. The number of hydrogen-bond donors (Lipinski definition) is 0. The van der Waals surface area contributed by atoms with Crippen molar-refractivity contribution in [2.24, 2.45) is 0 Å². The highest BCUT2D eigenvalue weighted by molar-refractivity contribution is 8.93. The standard InChI is InChI=1S/C27H25FN2.BrH/c28-23-14-12-22(13-15-23)19-29-18-16-25-24-10-4-5-11-26(24)30(27(25)20-29)17-6-9-21-7-2-1-3-8-21;/h1-5,7-8,10-16,18H,6,9,17,19-20H2;1H. The van der Waals surface area contributed by atoms with Crippen LogP contribution >= 0.6 is 17.0 Å². The Hall–Kier alpha value is -2.85. The SMILES string of the molecule is Br.Fc1ccc(CN2C=Cc3c(n(CCCc4ccccc4)c4ccccc34)C2)cc1. The van der Waals surface area contributed by atoms with Crippen LogP contribution in [0.5, 0.6) is 0 Å². The summed E-state index contributed by atoms with van der Waals surface area (Å²) in [5, 5.41) is 1.32. The molecular formula is C27H26BrFN2. The first kappa shape index (κ1) is 21.4. The van der Waals surface area contributed by atoms with Crippen LogP contribution in [-0.4, -0.2) is 9.47 Å². The average molecular weight is 477 g/mol. The van der Waals surface area contributed by atoms with Gasteiger partial charge in [0.05, 0.1) is 6.54 Å². The number of aryl methyl sites for hydroxylation is 2. The predicted octanol–water partition coefficient (Wildman–Crippen LogP) is 6.98. The van der Waals surface area contributed by atoms with Gasteiger partial charge < -0.3 is 9.47 Å². The minimum Gasteiger partial charge on any atom is -0.367 e. The van der Waals surface area contributed by atoms with E-state index in [0.717, 1.165) is 38.0 Å². The maximum Gasteiger partial charge on any atom is 0.123 e. The van der Waals surface area contributed by atoms with Crippen LogP contribution in [0.3, 0.4) is 0 Å². The Balaban J connectivity index is 0.00000231. The Morgan fingerprint density at radius 1 is 0.806 bits per heavy atom. The minimum absolute atomic E-state index is 0. The molecule has 0 saturated carbocycles. The van der Waals surface area contributed by atoms with Crippen LogP contribution in [0, 0.1) is 5.82 Å². The third-order valence-electron chi connectivity index (χ3n) is 5.92. The van der Waals surface area contributed by atoms with Gasteiger partial charge in [0.15, 0.2) is 0 Å². The van der Waals surface area contributed by atoms with Crippen molar-refractivity contribution >= 4 is 34.0 Å². The van der Waals surface area contributed by atoms with Gasteiger partial charge in [0.2, 0.25) is 0 Å². The monoisotopic (exact) mass is 476 g/mol. The van der Waals surface area contributed by atoms with Gasteiger partial charge in [0, 0.05) is 41.4 Å². The van der Waals surface area contributed by atoms with Crippen LogP contribution in [0.1, 0.15) is 28.8 Å². The lowest BCUT2D eigenvalue weighted by Gasteiger charge is -2.25. The summed E-state index contributed by atoms with van der Waals surface area (Å²) < 4.78 is 15.7. The Bertz CT molecular complexity index is 1180. The van der Waals surface area contributed by atoms with Crippen molar-refractivity contribution in [2.45, 2.75) is 32.5 Å². The van der Waals surface area contributed by atoms with E-state index in [1.165, 1.54) is 39.9 Å². The first-order chi connectivity index (χ1) is 14.8. The molecule has 0 fully saturated rings. The molecule has 2 nitrogen and oxygen atoms in total. The van der Waals surface area contributed by atoms with Crippen LogP contribution < -0.4 is 0 Å². The molecule has 0 spiro atoms. The number of halogens is 2. The van der Waals surface area contributed by atoms with E-state index < -0.39 is 0 Å². The molecule has 2 heterocycles. The lowest BCUT2D eigenvalue weighted by atomic mass is 10.1. The fraction of sp³-hybridized carbons (Fsp3) is 0.185. The molecule has 1 aliphatic rings. The summed E-state index contributed by atoms with van der Waals surface area (Å²) >= 11 is 0. The van der Waals surface area contributed by atoms with Gasteiger partial charge in [-0.1, -0.05) is 60.7 Å². The lowest BCUT2D eigenvalue weighted by molar-refractivity contribution is 0.347. The number of hydrogen-bond acceptors (Lipinski definition) is 1. The topological polar surface area (TPSA) is 8.17 Å². The minimum atomic E-state index is -0.186. The fourth-order valence-electron chi connectivity index (χ4n) is 4.44. The van der Waals surface area contributed by atoms with E-state index in [1.54, 1.807) is 0 Å². The molecule has 1 aromatic heterocycles. The predicted molar refractivity (Wildman–Crippen MR) is 132 cm³/mol. The van der Waals surface area contributed by atoms with Gasteiger partial charge in [-0.15, -0.1) is 17.0 Å². The van der Waals surface area contributed by atoms with Gasteiger partial charge >= 0.3 is 0 Å². The zero-order valence-corrected chi connectivity index (χ0v) is 19.1. The number of rotatable bonds is 6. The second-order valence-electron chi connectivity index (χ2n) is 7.97. The van der Waals surface area contributed by atoms with Crippen molar-refractivity contribution in [3.05, 3.63) is 113 Å². The highest BCUT2D eigenvalue weighted by Crippen LogP contribution is 2.32. The van der Waals surface area contributed by atoms with Crippen molar-refractivity contribution in [3.63, 3.8) is 0 Å². The molecule has 1 aliphatic heterocycles. The normalized spacial score (nSPS) is 12.6. The summed E-state index contributed by atoms with van der Waals surface area (Å²) in [5.74, 6) is -0.186. The summed E-state index contributed by atoms with van der Waals surface area (Å²) in [5.41, 5.74) is 6.52. The van der Waals surface area contributed by atoms with Gasteiger partial charge in [-0.3, -0.25) is 0 Å². The number of para-hydroxylation sites is 1. The van der Waals surface area contributed by atoms with Gasteiger partial charge in [-0.05, 0) is 48.2 Å². The summed E-state index contributed by atoms with van der Waals surface area (Å²) in [6.45, 7) is 2.65. The van der Waals surface area contributed by atoms with Gasteiger partial charge in [-0.2, -0.15) is 0 Å². The van der Waals surface area contributed by atoms with E-state index >= 15 is 0 Å². The Labute approximate surface area is 193 Å². The van der Waals surface area contributed by atoms with Crippen molar-refractivity contribution in [1.29, 1.82) is 0 Å². The molecule has 31 heavy (non-hydrogen) atoms. The average Bonchev–Trinajstić information content (AvgIpc) is 3.09. The zero-order valence-electron chi connectivity index (χ0n) is 17.4. The van der Waals surface area contributed by atoms with E-state index in [9.17, 15) is 4.39 Å². The molecule has 158 valence electrons. The van der Waals surface area contributed by atoms with Crippen LogP contribution in [0.2, 0.25) is 0 Å². The van der Waals surface area contributed by atoms with Crippen LogP contribution in [0.4, 0.5) is 4.39 Å². The number of benzene rings is 3.